The van der Waals surface area contributed by atoms with Crippen LogP contribution >= 0.6 is 0 Å². The van der Waals surface area contributed by atoms with Crippen LogP contribution in [0.5, 0.6) is 5.75 Å². The van der Waals surface area contributed by atoms with Gasteiger partial charge in [0.25, 0.3) is 11.7 Å². The SMILES string of the molecule is CCCN(C(=O)C(=O)c1c(C)n(C)c2ccccc12)c1ccc(OCC)cc1. The van der Waals surface area contributed by atoms with Crippen molar-refractivity contribution in [3.63, 3.8) is 0 Å². The van der Waals surface area contributed by atoms with E-state index in [0.717, 1.165) is 28.8 Å². The molecular formula is C23H26N2O3. The van der Waals surface area contributed by atoms with Gasteiger partial charge in [0.2, 0.25) is 0 Å². The summed E-state index contributed by atoms with van der Waals surface area (Å²) in [5.74, 6) is -0.242. The van der Waals surface area contributed by atoms with E-state index in [1.54, 1.807) is 4.90 Å². The number of carbonyl (C=O) groups is 2. The van der Waals surface area contributed by atoms with Crippen LogP contribution in [0.2, 0.25) is 0 Å². The molecule has 0 aliphatic heterocycles. The van der Waals surface area contributed by atoms with Crippen LogP contribution in [0, 0.1) is 6.92 Å². The van der Waals surface area contributed by atoms with Crippen molar-refractivity contribution in [1.29, 1.82) is 0 Å². The van der Waals surface area contributed by atoms with E-state index in [1.165, 1.54) is 0 Å². The van der Waals surface area contributed by atoms with Gasteiger partial charge >= 0.3 is 0 Å². The van der Waals surface area contributed by atoms with Gasteiger partial charge in [-0.15, -0.1) is 0 Å². The van der Waals surface area contributed by atoms with E-state index in [9.17, 15) is 9.59 Å². The molecule has 0 unspecified atom stereocenters. The van der Waals surface area contributed by atoms with Gasteiger partial charge in [0, 0.05) is 35.9 Å². The molecule has 0 radical (unpaired) electrons. The largest absolute Gasteiger partial charge is 0.494 e. The molecule has 2 aromatic carbocycles. The van der Waals surface area contributed by atoms with Gasteiger partial charge in [0.15, 0.2) is 0 Å². The van der Waals surface area contributed by atoms with Crippen molar-refractivity contribution in [2.45, 2.75) is 27.2 Å². The quantitative estimate of drug-likeness (QED) is 0.449. The lowest BCUT2D eigenvalue weighted by Crippen LogP contribution is -2.37. The van der Waals surface area contributed by atoms with Gasteiger partial charge in [-0.1, -0.05) is 25.1 Å². The Kier molecular flexibility index (Phi) is 5.83. The molecule has 0 saturated heterocycles. The Morgan fingerprint density at radius 1 is 1.04 bits per heavy atom. The third kappa shape index (κ3) is 3.52. The van der Waals surface area contributed by atoms with Crippen LogP contribution < -0.4 is 9.64 Å². The van der Waals surface area contributed by atoms with Crippen molar-refractivity contribution in [2.75, 3.05) is 18.1 Å². The van der Waals surface area contributed by atoms with Crippen LogP contribution in [-0.2, 0) is 11.8 Å². The first-order valence-electron chi connectivity index (χ1n) is 9.62. The standard InChI is InChI=1S/C23H26N2O3/c1-5-15-25(17-11-13-18(14-12-17)28-6-2)23(27)22(26)21-16(3)24(4)20-10-8-7-9-19(20)21/h7-14H,5-6,15H2,1-4H3. The molecule has 1 aromatic heterocycles. The summed E-state index contributed by atoms with van der Waals surface area (Å²) in [4.78, 5) is 28.0. The molecule has 0 bridgehead atoms. The number of amides is 1. The van der Waals surface area contributed by atoms with Gasteiger partial charge < -0.3 is 14.2 Å². The Labute approximate surface area is 165 Å². The smallest absolute Gasteiger partial charge is 0.299 e. The maximum absolute atomic E-state index is 13.2. The molecule has 3 aromatic rings. The Balaban J connectivity index is 1.98. The van der Waals surface area contributed by atoms with Crippen LogP contribution in [0.4, 0.5) is 5.69 Å². The van der Waals surface area contributed by atoms with Gasteiger partial charge in [0.05, 0.1) is 12.2 Å². The van der Waals surface area contributed by atoms with Crippen molar-refractivity contribution >= 4 is 28.3 Å². The average molecular weight is 378 g/mol. The first-order chi connectivity index (χ1) is 13.5. The number of hydrogen-bond acceptors (Lipinski definition) is 3. The second kappa shape index (κ2) is 8.30. The Morgan fingerprint density at radius 2 is 1.71 bits per heavy atom. The molecule has 0 aliphatic rings. The van der Waals surface area contributed by atoms with E-state index in [4.69, 9.17) is 4.74 Å². The van der Waals surface area contributed by atoms with E-state index in [2.05, 4.69) is 0 Å². The molecule has 0 atom stereocenters. The lowest BCUT2D eigenvalue weighted by Gasteiger charge is -2.22. The molecule has 146 valence electrons. The number of ketones is 1. The fourth-order valence-corrected chi connectivity index (χ4v) is 3.50. The first-order valence-corrected chi connectivity index (χ1v) is 9.62. The molecule has 5 heteroatoms. The third-order valence-electron chi connectivity index (χ3n) is 4.97. The van der Waals surface area contributed by atoms with Gasteiger partial charge in [-0.25, -0.2) is 0 Å². The van der Waals surface area contributed by atoms with Gasteiger partial charge in [0.1, 0.15) is 5.75 Å². The van der Waals surface area contributed by atoms with Crippen molar-refractivity contribution in [2.24, 2.45) is 7.05 Å². The van der Waals surface area contributed by atoms with Crippen LogP contribution in [0.1, 0.15) is 36.3 Å². The zero-order valence-corrected chi connectivity index (χ0v) is 16.9. The molecule has 3 rings (SSSR count). The predicted molar refractivity (Wildman–Crippen MR) is 112 cm³/mol. The summed E-state index contributed by atoms with van der Waals surface area (Å²) < 4.78 is 7.43. The Bertz CT molecular complexity index is 1000. The van der Waals surface area contributed by atoms with Crippen molar-refractivity contribution < 1.29 is 14.3 Å². The minimum absolute atomic E-state index is 0.475. The lowest BCUT2D eigenvalue weighted by atomic mass is 10.1. The second-order valence-electron chi connectivity index (χ2n) is 6.75. The second-order valence-corrected chi connectivity index (χ2v) is 6.75. The van der Waals surface area contributed by atoms with Crippen molar-refractivity contribution in [1.82, 2.24) is 4.57 Å². The highest BCUT2D eigenvalue weighted by atomic mass is 16.5. The fraction of sp³-hybridized carbons (Fsp3) is 0.304. The maximum Gasteiger partial charge on any atom is 0.299 e. The van der Waals surface area contributed by atoms with Gasteiger partial charge in [-0.05, 0) is 50.6 Å². The zero-order chi connectivity index (χ0) is 20.3. The molecule has 0 aliphatic carbocycles. The zero-order valence-electron chi connectivity index (χ0n) is 16.9. The molecule has 0 spiro atoms. The number of Topliss-reactive ketones (excluding diaryl/α,β-unsaturated/α-hetero) is 1. The number of anilines is 1. The van der Waals surface area contributed by atoms with Crippen LogP contribution in [-0.4, -0.2) is 29.4 Å². The summed E-state index contributed by atoms with van der Waals surface area (Å²) in [6.45, 7) is 6.84. The maximum atomic E-state index is 13.2. The molecular weight excluding hydrogens is 352 g/mol. The van der Waals surface area contributed by atoms with E-state index >= 15 is 0 Å². The number of fused-ring (bicyclic) bond motifs is 1. The molecule has 1 amide bonds. The number of carbonyl (C=O) groups excluding carboxylic acids is 2. The normalized spacial score (nSPS) is 10.9. The number of aryl methyl sites for hydroxylation is 1. The number of benzene rings is 2. The summed E-state index contributed by atoms with van der Waals surface area (Å²) in [5, 5.41) is 0.809. The van der Waals surface area contributed by atoms with Crippen molar-refractivity contribution in [3.05, 3.63) is 59.8 Å². The fourth-order valence-electron chi connectivity index (χ4n) is 3.50. The first kappa shape index (κ1) is 19.7. The molecule has 28 heavy (non-hydrogen) atoms. The van der Waals surface area contributed by atoms with Crippen LogP contribution in [0.25, 0.3) is 10.9 Å². The minimum Gasteiger partial charge on any atom is -0.494 e. The predicted octanol–water partition coefficient (Wildman–Crippen LogP) is 4.51. The molecule has 1 heterocycles. The van der Waals surface area contributed by atoms with Crippen molar-refractivity contribution in [3.8, 4) is 5.75 Å². The van der Waals surface area contributed by atoms with Crippen LogP contribution in [0.3, 0.4) is 0 Å². The number of hydrogen-bond donors (Lipinski definition) is 0. The Hall–Kier alpha value is -3.08. The highest BCUT2D eigenvalue weighted by molar-refractivity contribution is 6.49. The molecule has 0 N–H and O–H groups in total. The van der Waals surface area contributed by atoms with Gasteiger partial charge in [-0.3, -0.25) is 9.59 Å². The van der Waals surface area contributed by atoms with E-state index in [1.807, 2.05) is 80.9 Å². The number of nitrogens with zero attached hydrogens (tertiary/aromatic N) is 2. The highest BCUT2D eigenvalue weighted by Crippen LogP contribution is 2.27. The summed E-state index contributed by atoms with van der Waals surface area (Å²) >= 11 is 0. The molecule has 0 fully saturated rings. The number of para-hydroxylation sites is 1. The summed E-state index contributed by atoms with van der Waals surface area (Å²) in [6, 6.07) is 15.0. The topological polar surface area (TPSA) is 51.5 Å². The molecule has 5 nitrogen and oxygen atoms in total. The summed E-state index contributed by atoms with van der Waals surface area (Å²) in [6.07, 6.45) is 0.751. The van der Waals surface area contributed by atoms with E-state index in [0.29, 0.717) is 24.4 Å². The third-order valence-corrected chi connectivity index (χ3v) is 4.97. The van der Waals surface area contributed by atoms with Crippen LogP contribution in [0.15, 0.2) is 48.5 Å². The Morgan fingerprint density at radius 3 is 2.36 bits per heavy atom. The monoisotopic (exact) mass is 378 g/mol. The highest BCUT2D eigenvalue weighted by Gasteiger charge is 2.28. The average Bonchev–Trinajstić information content (AvgIpc) is 2.97. The lowest BCUT2D eigenvalue weighted by molar-refractivity contribution is -0.114. The number of rotatable bonds is 7. The summed E-state index contributed by atoms with van der Waals surface area (Å²) in [7, 11) is 1.91. The number of ether oxygens (including phenoxy) is 1. The molecule has 0 saturated carbocycles. The van der Waals surface area contributed by atoms with E-state index < -0.39 is 11.7 Å². The van der Waals surface area contributed by atoms with E-state index in [-0.39, 0.29) is 0 Å². The number of aromatic nitrogens is 1. The van der Waals surface area contributed by atoms with Gasteiger partial charge in [-0.2, -0.15) is 0 Å². The summed E-state index contributed by atoms with van der Waals surface area (Å²) in [5.41, 5.74) is 2.92. The minimum atomic E-state index is -0.509.